The zero-order valence-electron chi connectivity index (χ0n) is 8.23. The van der Waals surface area contributed by atoms with E-state index in [-0.39, 0.29) is 0 Å². The summed E-state index contributed by atoms with van der Waals surface area (Å²) in [6.07, 6.45) is 4.22. The van der Waals surface area contributed by atoms with Crippen molar-refractivity contribution in [3.05, 3.63) is 51.8 Å². The van der Waals surface area contributed by atoms with Crippen molar-refractivity contribution in [2.24, 2.45) is 0 Å². The van der Waals surface area contributed by atoms with E-state index in [0.717, 1.165) is 28.2 Å². The van der Waals surface area contributed by atoms with E-state index in [1.807, 2.05) is 25.1 Å². The number of nitrogens with zero attached hydrogens (tertiary/aromatic N) is 1. The third-order valence-corrected chi connectivity index (χ3v) is 2.33. The van der Waals surface area contributed by atoms with Gasteiger partial charge in [-0.15, -0.1) is 0 Å². The van der Waals surface area contributed by atoms with Gasteiger partial charge in [0.15, 0.2) is 0 Å². The molecule has 1 N–H and O–H groups in total. The maximum Gasteiger partial charge on any atom is 0.235 e. The average molecular weight is 202 g/mol. The van der Waals surface area contributed by atoms with Crippen molar-refractivity contribution >= 4 is 17.0 Å². The fourth-order valence-electron chi connectivity index (χ4n) is 1.61. The lowest BCUT2D eigenvalue weighted by atomic mass is 10.1. The number of fused-ring (bicyclic) bond motifs is 1. The topological polar surface area (TPSA) is 58.9 Å². The van der Waals surface area contributed by atoms with Gasteiger partial charge in [0.05, 0.1) is 4.92 Å². The molecule has 0 radical (unpaired) electrons. The monoisotopic (exact) mass is 202 g/mol. The number of aromatic nitrogens is 1. The number of hydrogen-bond acceptors (Lipinski definition) is 2. The standard InChI is InChI=1S/C11H10N2O2/c1-8-3-2-4-10-9(5-6-13(14)15)7-12-11(8)10/h2-7,12H,1H3. The molecule has 0 spiro atoms. The largest absolute Gasteiger partial charge is 0.360 e. The average Bonchev–Trinajstić information content (AvgIpc) is 2.59. The van der Waals surface area contributed by atoms with Crippen LogP contribution in [0, 0.1) is 17.0 Å². The first-order chi connectivity index (χ1) is 7.18. The van der Waals surface area contributed by atoms with Crippen LogP contribution in [0.15, 0.2) is 30.6 Å². The van der Waals surface area contributed by atoms with Gasteiger partial charge < -0.3 is 4.98 Å². The Hall–Kier alpha value is -2.10. The van der Waals surface area contributed by atoms with Gasteiger partial charge in [0.25, 0.3) is 0 Å². The maximum absolute atomic E-state index is 10.2. The molecule has 0 unspecified atom stereocenters. The molecule has 76 valence electrons. The minimum atomic E-state index is -0.464. The van der Waals surface area contributed by atoms with Gasteiger partial charge in [-0.2, -0.15) is 0 Å². The van der Waals surface area contributed by atoms with Gasteiger partial charge in [0.1, 0.15) is 0 Å². The summed E-state index contributed by atoms with van der Waals surface area (Å²) in [5.74, 6) is 0. The highest BCUT2D eigenvalue weighted by Crippen LogP contribution is 2.21. The van der Waals surface area contributed by atoms with Crippen LogP contribution in [-0.2, 0) is 0 Å². The van der Waals surface area contributed by atoms with Gasteiger partial charge in [-0.05, 0) is 12.5 Å². The molecule has 0 aliphatic heterocycles. The van der Waals surface area contributed by atoms with Crippen molar-refractivity contribution in [2.45, 2.75) is 6.92 Å². The number of aromatic amines is 1. The Bertz CT molecular complexity index is 541. The van der Waals surface area contributed by atoms with Crippen LogP contribution >= 0.6 is 0 Å². The minimum Gasteiger partial charge on any atom is -0.360 e. The van der Waals surface area contributed by atoms with Crippen LogP contribution in [0.2, 0.25) is 0 Å². The first-order valence-corrected chi connectivity index (χ1v) is 4.57. The Morgan fingerprint density at radius 3 is 3.00 bits per heavy atom. The SMILES string of the molecule is Cc1cccc2c(C=C[N+](=O)[O-])c[nH]c12. The molecule has 0 saturated heterocycles. The molecule has 15 heavy (non-hydrogen) atoms. The third kappa shape index (κ3) is 1.74. The highest BCUT2D eigenvalue weighted by atomic mass is 16.6. The summed E-state index contributed by atoms with van der Waals surface area (Å²) in [6.45, 7) is 2.00. The van der Waals surface area contributed by atoms with E-state index >= 15 is 0 Å². The minimum absolute atomic E-state index is 0.464. The molecule has 2 aromatic rings. The van der Waals surface area contributed by atoms with Crippen molar-refractivity contribution < 1.29 is 4.92 Å². The van der Waals surface area contributed by atoms with Crippen molar-refractivity contribution in [3.8, 4) is 0 Å². The molecular formula is C11H10N2O2. The number of hydrogen-bond donors (Lipinski definition) is 1. The van der Waals surface area contributed by atoms with Gasteiger partial charge in [-0.1, -0.05) is 18.2 Å². The summed E-state index contributed by atoms with van der Waals surface area (Å²) in [6, 6.07) is 5.88. The van der Waals surface area contributed by atoms with E-state index in [1.54, 1.807) is 6.20 Å². The Morgan fingerprint density at radius 1 is 1.47 bits per heavy atom. The van der Waals surface area contributed by atoms with Crippen LogP contribution in [0.4, 0.5) is 0 Å². The Morgan fingerprint density at radius 2 is 2.27 bits per heavy atom. The lowest BCUT2D eigenvalue weighted by molar-refractivity contribution is -0.400. The van der Waals surface area contributed by atoms with Crippen LogP contribution in [0.5, 0.6) is 0 Å². The first kappa shape index (κ1) is 9.45. The molecule has 1 heterocycles. The van der Waals surface area contributed by atoms with Gasteiger partial charge >= 0.3 is 0 Å². The van der Waals surface area contributed by atoms with Gasteiger partial charge in [0.2, 0.25) is 6.20 Å². The second-order valence-corrected chi connectivity index (χ2v) is 3.34. The zero-order valence-corrected chi connectivity index (χ0v) is 8.23. The number of rotatable bonds is 2. The summed E-state index contributed by atoms with van der Waals surface area (Å²) < 4.78 is 0. The van der Waals surface area contributed by atoms with Crippen LogP contribution in [0.25, 0.3) is 17.0 Å². The highest BCUT2D eigenvalue weighted by Gasteiger charge is 2.02. The van der Waals surface area contributed by atoms with Gasteiger partial charge in [0, 0.05) is 28.7 Å². The number of H-pyrrole nitrogens is 1. The lowest BCUT2D eigenvalue weighted by Gasteiger charge is -1.94. The fraction of sp³-hybridized carbons (Fsp3) is 0.0909. The van der Waals surface area contributed by atoms with Crippen LogP contribution < -0.4 is 0 Å². The van der Waals surface area contributed by atoms with Gasteiger partial charge in [-0.3, -0.25) is 10.1 Å². The third-order valence-electron chi connectivity index (χ3n) is 2.33. The van der Waals surface area contributed by atoms with Gasteiger partial charge in [-0.25, -0.2) is 0 Å². The number of para-hydroxylation sites is 1. The quantitative estimate of drug-likeness (QED) is 0.601. The molecule has 0 saturated carbocycles. The summed E-state index contributed by atoms with van der Waals surface area (Å²) in [7, 11) is 0. The van der Waals surface area contributed by atoms with Crippen molar-refractivity contribution in [1.29, 1.82) is 0 Å². The second-order valence-electron chi connectivity index (χ2n) is 3.34. The van der Waals surface area contributed by atoms with Crippen molar-refractivity contribution in [3.63, 3.8) is 0 Å². The molecule has 4 nitrogen and oxygen atoms in total. The summed E-state index contributed by atoms with van der Waals surface area (Å²) in [5, 5.41) is 11.2. The lowest BCUT2D eigenvalue weighted by Crippen LogP contribution is -1.81. The molecule has 0 aliphatic rings. The van der Waals surface area contributed by atoms with E-state index < -0.39 is 4.92 Å². The molecule has 2 rings (SSSR count). The molecule has 1 aromatic carbocycles. The Balaban J connectivity index is 2.54. The van der Waals surface area contributed by atoms with E-state index in [4.69, 9.17) is 0 Å². The molecule has 0 bridgehead atoms. The van der Waals surface area contributed by atoms with E-state index in [9.17, 15) is 10.1 Å². The Labute approximate surface area is 86.4 Å². The normalized spacial score (nSPS) is 11.3. The first-order valence-electron chi connectivity index (χ1n) is 4.57. The fourth-order valence-corrected chi connectivity index (χ4v) is 1.61. The molecule has 0 amide bonds. The smallest absolute Gasteiger partial charge is 0.235 e. The van der Waals surface area contributed by atoms with E-state index in [0.29, 0.717) is 0 Å². The number of aryl methyl sites for hydroxylation is 1. The van der Waals surface area contributed by atoms with Crippen molar-refractivity contribution in [1.82, 2.24) is 4.98 Å². The predicted molar refractivity (Wildman–Crippen MR) is 59.1 cm³/mol. The number of nitrogens with one attached hydrogen (secondary N) is 1. The van der Waals surface area contributed by atoms with Crippen LogP contribution in [0.1, 0.15) is 11.1 Å². The summed E-state index contributed by atoms with van der Waals surface area (Å²) in [5.41, 5.74) is 3.00. The number of benzene rings is 1. The van der Waals surface area contributed by atoms with E-state index in [2.05, 4.69) is 4.98 Å². The van der Waals surface area contributed by atoms with Crippen LogP contribution in [-0.4, -0.2) is 9.91 Å². The molecule has 0 aliphatic carbocycles. The summed E-state index contributed by atoms with van der Waals surface area (Å²) >= 11 is 0. The summed E-state index contributed by atoms with van der Waals surface area (Å²) in [4.78, 5) is 12.8. The predicted octanol–water partition coefficient (Wildman–Crippen LogP) is 2.72. The highest BCUT2D eigenvalue weighted by molar-refractivity contribution is 5.90. The molecule has 0 fully saturated rings. The van der Waals surface area contributed by atoms with E-state index in [1.165, 1.54) is 6.08 Å². The molecule has 0 atom stereocenters. The maximum atomic E-state index is 10.2. The van der Waals surface area contributed by atoms with Crippen LogP contribution in [0.3, 0.4) is 0 Å². The molecule has 4 heteroatoms. The Kier molecular flexibility index (Phi) is 2.25. The second kappa shape index (κ2) is 3.57. The molecule has 1 aromatic heterocycles. The molecular weight excluding hydrogens is 192 g/mol. The zero-order chi connectivity index (χ0) is 10.8. The number of nitro groups is 1. The van der Waals surface area contributed by atoms with Crippen molar-refractivity contribution in [2.75, 3.05) is 0 Å².